The molecule has 0 heterocycles. The van der Waals surface area contributed by atoms with E-state index < -0.39 is 11.9 Å². The van der Waals surface area contributed by atoms with Crippen LogP contribution in [-0.4, -0.2) is 22.2 Å². The zero-order valence-corrected chi connectivity index (χ0v) is 26.9. The summed E-state index contributed by atoms with van der Waals surface area (Å²) in [5.41, 5.74) is 0. The SMILES string of the molecule is CC/C=C\C/C=C\C/C=C\C/C=C\CCCCC(=O)O.CCCCCCCCCCCCC/C=C/C=C/C=C/C(=O)O. The number of unbranched alkanes of at least 4 members (excludes halogenated alkanes) is 13. The Morgan fingerprint density at radius 2 is 0.929 bits per heavy atom. The zero-order valence-electron chi connectivity index (χ0n) is 26.9. The number of rotatable bonds is 27. The quantitative estimate of drug-likeness (QED) is 0.0437. The number of aliphatic carboxylic acids is 2. The molecule has 0 aliphatic heterocycles. The van der Waals surface area contributed by atoms with Gasteiger partial charge >= 0.3 is 11.9 Å². The first-order valence-electron chi connectivity index (χ1n) is 16.6. The van der Waals surface area contributed by atoms with E-state index in [2.05, 4.69) is 68.5 Å². The predicted octanol–water partition coefficient (Wildman–Crippen LogP) is 11.9. The first-order chi connectivity index (χ1) is 20.5. The van der Waals surface area contributed by atoms with Crippen LogP contribution in [-0.2, 0) is 9.59 Å². The molecular weight excluding hydrogens is 520 g/mol. The summed E-state index contributed by atoms with van der Waals surface area (Å²) in [4.78, 5) is 20.5. The Kier molecular flexibility index (Phi) is 37.4. The normalized spacial score (nSPS) is 12.2. The fourth-order valence-corrected chi connectivity index (χ4v) is 4.00. The maximum atomic E-state index is 10.3. The van der Waals surface area contributed by atoms with Crippen LogP contribution in [0.15, 0.2) is 85.1 Å². The molecule has 0 aromatic carbocycles. The third-order valence-electron chi connectivity index (χ3n) is 6.41. The topological polar surface area (TPSA) is 74.6 Å². The third-order valence-corrected chi connectivity index (χ3v) is 6.41. The van der Waals surface area contributed by atoms with Crippen molar-refractivity contribution in [2.24, 2.45) is 0 Å². The Morgan fingerprint density at radius 1 is 0.476 bits per heavy atom. The van der Waals surface area contributed by atoms with Crippen molar-refractivity contribution in [2.45, 2.75) is 142 Å². The molecule has 0 aliphatic rings. The highest BCUT2D eigenvalue weighted by atomic mass is 16.4. The average molecular weight is 583 g/mol. The molecule has 0 radical (unpaired) electrons. The minimum atomic E-state index is -0.908. The van der Waals surface area contributed by atoms with Crippen LogP contribution in [0.25, 0.3) is 0 Å². The summed E-state index contributed by atoms with van der Waals surface area (Å²) in [7, 11) is 0. The lowest BCUT2D eigenvalue weighted by atomic mass is 10.1. The van der Waals surface area contributed by atoms with Crippen molar-refractivity contribution in [3.05, 3.63) is 85.1 Å². The van der Waals surface area contributed by atoms with E-state index >= 15 is 0 Å². The predicted molar refractivity (Wildman–Crippen MR) is 183 cm³/mol. The Labute approximate surface area is 258 Å². The van der Waals surface area contributed by atoms with Crippen LogP contribution in [0.4, 0.5) is 0 Å². The van der Waals surface area contributed by atoms with Crippen LogP contribution in [0.1, 0.15) is 142 Å². The molecule has 4 nitrogen and oxygen atoms in total. The van der Waals surface area contributed by atoms with Crippen LogP contribution >= 0.6 is 0 Å². The summed E-state index contributed by atoms with van der Waals surface area (Å²) >= 11 is 0. The van der Waals surface area contributed by atoms with Gasteiger partial charge in [0.25, 0.3) is 0 Å². The molecular formula is C38H62O4. The number of carboxylic acids is 2. The molecule has 0 aliphatic carbocycles. The average Bonchev–Trinajstić information content (AvgIpc) is 2.97. The first-order valence-corrected chi connectivity index (χ1v) is 16.6. The zero-order chi connectivity index (χ0) is 31.2. The summed E-state index contributed by atoms with van der Waals surface area (Å²) in [6, 6.07) is 0. The highest BCUT2D eigenvalue weighted by Gasteiger charge is 1.94. The van der Waals surface area contributed by atoms with Crippen molar-refractivity contribution >= 4 is 11.9 Å². The maximum Gasteiger partial charge on any atom is 0.328 e. The Morgan fingerprint density at radius 3 is 1.45 bits per heavy atom. The van der Waals surface area contributed by atoms with Gasteiger partial charge in [0.15, 0.2) is 0 Å². The summed E-state index contributed by atoms with van der Waals surface area (Å²) < 4.78 is 0. The third kappa shape index (κ3) is 44.1. The minimum Gasteiger partial charge on any atom is -0.481 e. The van der Waals surface area contributed by atoms with Gasteiger partial charge in [0, 0.05) is 12.5 Å². The Bertz CT molecular complexity index is 796. The van der Waals surface area contributed by atoms with E-state index in [1.165, 1.54) is 76.7 Å². The molecule has 0 amide bonds. The largest absolute Gasteiger partial charge is 0.481 e. The highest BCUT2D eigenvalue weighted by Crippen LogP contribution is 2.12. The van der Waals surface area contributed by atoms with Crippen molar-refractivity contribution in [3.8, 4) is 0 Å². The lowest BCUT2D eigenvalue weighted by molar-refractivity contribution is -0.137. The van der Waals surface area contributed by atoms with E-state index in [1.54, 1.807) is 6.08 Å². The summed E-state index contributed by atoms with van der Waals surface area (Å²) in [5.74, 6) is -1.61. The summed E-state index contributed by atoms with van der Waals surface area (Å²) in [5, 5.41) is 16.9. The smallest absolute Gasteiger partial charge is 0.328 e. The lowest BCUT2D eigenvalue weighted by Crippen LogP contribution is -1.92. The molecule has 0 fully saturated rings. The van der Waals surface area contributed by atoms with Crippen molar-refractivity contribution in [1.29, 1.82) is 0 Å². The van der Waals surface area contributed by atoms with Crippen molar-refractivity contribution < 1.29 is 19.8 Å². The molecule has 0 saturated heterocycles. The van der Waals surface area contributed by atoms with Gasteiger partial charge in [-0.3, -0.25) is 4.79 Å². The molecule has 0 aromatic rings. The molecule has 0 atom stereocenters. The number of carboxylic acid groups (broad SMARTS) is 2. The van der Waals surface area contributed by atoms with Crippen LogP contribution in [0, 0.1) is 0 Å². The molecule has 0 spiro atoms. The standard InChI is InChI=1S/C20H34O2.C18H28O2/c1-2-3-4-5-6-7-8-9-10-11-12-13-14-15-16-17-18-19-20(21)22;1-2-3-4-5-6-7-8-9-10-11-12-13-14-15-16-17-18(19)20/h14-19H,2-13H2,1H3,(H,21,22);3-4,6-7,9-10,12-13H,2,5,8,11,14-17H2,1H3,(H,19,20)/b15-14+,17-16+,19-18+;4-3-,7-6-,10-9-,13-12-. The van der Waals surface area contributed by atoms with Gasteiger partial charge in [-0.05, 0) is 57.8 Å². The second kappa shape index (κ2) is 38.1. The minimum absolute atomic E-state index is 0.285. The van der Waals surface area contributed by atoms with Crippen molar-refractivity contribution in [2.75, 3.05) is 0 Å². The molecule has 0 unspecified atom stereocenters. The van der Waals surface area contributed by atoms with Crippen LogP contribution in [0.5, 0.6) is 0 Å². The van der Waals surface area contributed by atoms with Gasteiger partial charge in [0.1, 0.15) is 0 Å². The lowest BCUT2D eigenvalue weighted by Gasteiger charge is -2.01. The van der Waals surface area contributed by atoms with Crippen molar-refractivity contribution in [3.63, 3.8) is 0 Å². The maximum absolute atomic E-state index is 10.3. The molecule has 0 bridgehead atoms. The van der Waals surface area contributed by atoms with Crippen LogP contribution in [0.3, 0.4) is 0 Å². The van der Waals surface area contributed by atoms with Gasteiger partial charge in [-0.25, -0.2) is 4.79 Å². The molecule has 0 saturated carbocycles. The van der Waals surface area contributed by atoms with E-state index in [0.717, 1.165) is 57.4 Å². The van der Waals surface area contributed by atoms with E-state index in [-0.39, 0.29) is 6.42 Å². The van der Waals surface area contributed by atoms with Gasteiger partial charge < -0.3 is 10.2 Å². The fraction of sp³-hybridized carbons (Fsp3) is 0.579. The highest BCUT2D eigenvalue weighted by molar-refractivity contribution is 5.80. The molecule has 0 rings (SSSR count). The van der Waals surface area contributed by atoms with Crippen LogP contribution in [0.2, 0.25) is 0 Å². The van der Waals surface area contributed by atoms with E-state index in [9.17, 15) is 9.59 Å². The first kappa shape index (κ1) is 41.3. The summed E-state index contributed by atoms with van der Waals surface area (Å²) in [6.07, 6.45) is 51.1. The second-order valence-electron chi connectivity index (χ2n) is 10.5. The van der Waals surface area contributed by atoms with E-state index in [4.69, 9.17) is 10.2 Å². The Balaban J connectivity index is 0. The summed E-state index contributed by atoms with van der Waals surface area (Å²) in [6.45, 7) is 4.41. The van der Waals surface area contributed by atoms with Crippen molar-refractivity contribution in [1.82, 2.24) is 0 Å². The van der Waals surface area contributed by atoms with Gasteiger partial charge in [-0.15, -0.1) is 0 Å². The molecule has 4 heteroatoms. The molecule has 0 aromatic heterocycles. The van der Waals surface area contributed by atoms with E-state index in [0.29, 0.717) is 0 Å². The van der Waals surface area contributed by atoms with Crippen LogP contribution < -0.4 is 0 Å². The van der Waals surface area contributed by atoms with Gasteiger partial charge in [-0.2, -0.15) is 0 Å². The number of hydrogen-bond donors (Lipinski definition) is 2. The van der Waals surface area contributed by atoms with Gasteiger partial charge in [0.2, 0.25) is 0 Å². The molecule has 238 valence electrons. The molecule has 2 N–H and O–H groups in total. The van der Waals surface area contributed by atoms with Gasteiger partial charge in [-0.1, -0.05) is 157 Å². The fourth-order valence-electron chi connectivity index (χ4n) is 4.00. The monoisotopic (exact) mass is 582 g/mol. The van der Waals surface area contributed by atoms with E-state index in [1.807, 2.05) is 12.2 Å². The Hall–Kier alpha value is -2.88. The molecule has 42 heavy (non-hydrogen) atoms. The number of allylic oxidation sites excluding steroid dienone is 13. The second-order valence-corrected chi connectivity index (χ2v) is 10.5. The van der Waals surface area contributed by atoms with Gasteiger partial charge in [0.05, 0.1) is 0 Å². The number of hydrogen-bond acceptors (Lipinski definition) is 2. The number of carbonyl (C=O) groups is 2.